The van der Waals surface area contributed by atoms with Gasteiger partial charge in [-0.2, -0.15) is 0 Å². The Bertz CT molecular complexity index is 1100. The summed E-state index contributed by atoms with van der Waals surface area (Å²) in [6, 6.07) is 24.6. The second-order valence-electron chi connectivity index (χ2n) is 6.91. The number of rotatable bonds is 5. The first-order valence-corrected chi connectivity index (χ1v) is 9.27. The highest BCUT2D eigenvalue weighted by Gasteiger charge is 2.09. The zero-order valence-electron chi connectivity index (χ0n) is 16.1. The highest BCUT2D eigenvalue weighted by molar-refractivity contribution is 5.96. The molecule has 0 amide bonds. The zero-order valence-corrected chi connectivity index (χ0v) is 16.1. The predicted molar refractivity (Wildman–Crippen MR) is 116 cm³/mol. The number of aromatic nitrogens is 1. The van der Waals surface area contributed by atoms with E-state index in [9.17, 15) is 0 Å². The maximum atomic E-state index is 5.76. The molecule has 1 heterocycles. The van der Waals surface area contributed by atoms with Crippen molar-refractivity contribution < 1.29 is 4.74 Å². The van der Waals surface area contributed by atoms with Crippen molar-refractivity contribution in [1.82, 2.24) is 4.98 Å². The summed E-state index contributed by atoms with van der Waals surface area (Å²) in [5.41, 5.74) is 12.9. The van der Waals surface area contributed by atoms with Crippen molar-refractivity contribution >= 4 is 28.0 Å². The first kappa shape index (κ1) is 17.9. The van der Waals surface area contributed by atoms with Crippen LogP contribution >= 0.6 is 0 Å². The zero-order chi connectivity index (χ0) is 19.5. The molecule has 0 radical (unpaired) electrons. The van der Waals surface area contributed by atoms with Gasteiger partial charge in [0.2, 0.25) is 0 Å². The van der Waals surface area contributed by atoms with Gasteiger partial charge in [0.1, 0.15) is 11.3 Å². The van der Waals surface area contributed by atoms with Crippen LogP contribution in [0.15, 0.2) is 72.8 Å². The van der Waals surface area contributed by atoms with E-state index < -0.39 is 0 Å². The van der Waals surface area contributed by atoms with E-state index in [2.05, 4.69) is 58.8 Å². The number of nitrogen functional groups attached to an aromatic ring is 1. The Morgan fingerprint density at radius 3 is 2.29 bits per heavy atom. The standard InChI is InChI=1S/C24H23N3O/c1-16-14-22(21-4-3-5-23(28-2)24(21)26-16)27-20-12-8-18(9-13-20)15-17-6-10-19(25)11-7-17/h3-14H,15,25H2,1-2H3,(H,26,27). The van der Waals surface area contributed by atoms with Gasteiger partial charge in [-0.25, -0.2) is 4.98 Å². The number of nitrogens with one attached hydrogen (secondary N) is 1. The summed E-state index contributed by atoms with van der Waals surface area (Å²) in [6.45, 7) is 1.99. The van der Waals surface area contributed by atoms with Crippen molar-refractivity contribution in [2.75, 3.05) is 18.2 Å². The fourth-order valence-electron chi connectivity index (χ4n) is 3.35. The minimum Gasteiger partial charge on any atom is -0.494 e. The molecule has 0 bridgehead atoms. The lowest BCUT2D eigenvalue weighted by atomic mass is 10.0. The molecule has 0 saturated carbocycles. The molecule has 0 fully saturated rings. The van der Waals surface area contributed by atoms with Crippen LogP contribution in [0.2, 0.25) is 0 Å². The molecule has 1 aromatic heterocycles. The third-order valence-electron chi connectivity index (χ3n) is 4.77. The molecule has 0 unspecified atom stereocenters. The Morgan fingerprint density at radius 1 is 0.929 bits per heavy atom. The molecule has 0 aliphatic heterocycles. The van der Waals surface area contributed by atoms with Gasteiger partial charge in [-0.3, -0.25) is 0 Å². The third-order valence-corrected chi connectivity index (χ3v) is 4.77. The van der Waals surface area contributed by atoms with E-state index >= 15 is 0 Å². The monoisotopic (exact) mass is 369 g/mol. The number of nitrogens with two attached hydrogens (primary N) is 1. The van der Waals surface area contributed by atoms with Crippen LogP contribution in [0, 0.1) is 6.92 Å². The van der Waals surface area contributed by atoms with Gasteiger partial charge in [-0.15, -0.1) is 0 Å². The van der Waals surface area contributed by atoms with Crippen molar-refractivity contribution in [3.05, 3.63) is 89.6 Å². The highest BCUT2D eigenvalue weighted by Crippen LogP contribution is 2.31. The molecule has 0 spiro atoms. The second-order valence-corrected chi connectivity index (χ2v) is 6.91. The number of benzene rings is 3. The number of para-hydroxylation sites is 1. The van der Waals surface area contributed by atoms with Crippen molar-refractivity contribution in [3.63, 3.8) is 0 Å². The Kier molecular flexibility index (Phi) is 4.85. The quantitative estimate of drug-likeness (QED) is 0.458. The van der Waals surface area contributed by atoms with Gasteiger partial charge >= 0.3 is 0 Å². The Hall–Kier alpha value is -3.53. The van der Waals surface area contributed by atoms with Crippen LogP contribution < -0.4 is 15.8 Å². The molecule has 0 atom stereocenters. The van der Waals surface area contributed by atoms with E-state index in [0.717, 1.165) is 45.8 Å². The summed E-state index contributed by atoms with van der Waals surface area (Å²) < 4.78 is 5.47. The highest BCUT2D eigenvalue weighted by atomic mass is 16.5. The first-order valence-electron chi connectivity index (χ1n) is 9.27. The largest absolute Gasteiger partial charge is 0.494 e. The van der Waals surface area contributed by atoms with Crippen LogP contribution in [-0.4, -0.2) is 12.1 Å². The molecule has 4 nitrogen and oxygen atoms in total. The first-order chi connectivity index (χ1) is 13.6. The summed E-state index contributed by atoms with van der Waals surface area (Å²) >= 11 is 0. The fourth-order valence-corrected chi connectivity index (χ4v) is 3.35. The summed E-state index contributed by atoms with van der Waals surface area (Å²) in [7, 11) is 1.67. The van der Waals surface area contributed by atoms with E-state index in [-0.39, 0.29) is 0 Å². The average Bonchev–Trinajstić information content (AvgIpc) is 2.70. The van der Waals surface area contributed by atoms with Crippen molar-refractivity contribution in [2.45, 2.75) is 13.3 Å². The number of pyridine rings is 1. The van der Waals surface area contributed by atoms with E-state index in [1.54, 1.807) is 7.11 Å². The Balaban J connectivity index is 1.58. The molecular formula is C24H23N3O. The van der Waals surface area contributed by atoms with Crippen LogP contribution in [0.3, 0.4) is 0 Å². The molecule has 0 saturated heterocycles. The van der Waals surface area contributed by atoms with Crippen LogP contribution in [0.1, 0.15) is 16.8 Å². The number of fused-ring (bicyclic) bond motifs is 1. The van der Waals surface area contributed by atoms with E-state index in [1.807, 2.05) is 31.2 Å². The molecule has 4 rings (SSSR count). The number of hydrogen-bond donors (Lipinski definition) is 2. The fraction of sp³-hybridized carbons (Fsp3) is 0.125. The topological polar surface area (TPSA) is 60.2 Å². The van der Waals surface area contributed by atoms with Gasteiger partial charge in [0, 0.05) is 28.1 Å². The number of ether oxygens (including phenoxy) is 1. The van der Waals surface area contributed by atoms with Crippen LogP contribution in [-0.2, 0) is 6.42 Å². The molecule has 3 N–H and O–H groups in total. The van der Waals surface area contributed by atoms with Crippen LogP contribution in [0.25, 0.3) is 10.9 Å². The van der Waals surface area contributed by atoms with Gasteiger partial charge in [0.25, 0.3) is 0 Å². The lowest BCUT2D eigenvalue weighted by Gasteiger charge is -2.13. The summed E-state index contributed by atoms with van der Waals surface area (Å²) in [5, 5.41) is 4.56. The maximum Gasteiger partial charge on any atom is 0.145 e. The molecule has 4 heteroatoms. The van der Waals surface area contributed by atoms with Gasteiger partial charge in [-0.1, -0.05) is 36.4 Å². The van der Waals surface area contributed by atoms with Crippen molar-refractivity contribution in [1.29, 1.82) is 0 Å². The number of hydrogen-bond acceptors (Lipinski definition) is 4. The second kappa shape index (κ2) is 7.61. The lowest BCUT2D eigenvalue weighted by Crippen LogP contribution is -1.97. The number of anilines is 3. The van der Waals surface area contributed by atoms with Crippen LogP contribution in [0.5, 0.6) is 5.75 Å². The van der Waals surface area contributed by atoms with Crippen molar-refractivity contribution in [3.8, 4) is 5.75 Å². The van der Waals surface area contributed by atoms with Gasteiger partial charge in [0.15, 0.2) is 0 Å². The van der Waals surface area contributed by atoms with E-state index in [1.165, 1.54) is 11.1 Å². The normalized spacial score (nSPS) is 10.8. The minimum atomic E-state index is 0.781. The van der Waals surface area contributed by atoms with E-state index in [0.29, 0.717) is 0 Å². The Morgan fingerprint density at radius 2 is 1.61 bits per heavy atom. The summed E-state index contributed by atoms with van der Waals surface area (Å²) in [4.78, 5) is 4.64. The smallest absolute Gasteiger partial charge is 0.145 e. The SMILES string of the molecule is COc1cccc2c(Nc3ccc(Cc4ccc(N)cc4)cc3)cc(C)nc12. The summed E-state index contributed by atoms with van der Waals surface area (Å²) in [6.07, 6.45) is 0.884. The average molecular weight is 369 g/mol. The number of aryl methyl sites for hydroxylation is 1. The maximum absolute atomic E-state index is 5.76. The van der Waals surface area contributed by atoms with Crippen LogP contribution in [0.4, 0.5) is 17.1 Å². The minimum absolute atomic E-state index is 0.781. The molecule has 0 aliphatic carbocycles. The third kappa shape index (κ3) is 3.76. The summed E-state index contributed by atoms with van der Waals surface area (Å²) in [5.74, 6) is 0.781. The number of nitrogens with zero attached hydrogens (tertiary/aromatic N) is 1. The van der Waals surface area contributed by atoms with Crippen molar-refractivity contribution in [2.24, 2.45) is 0 Å². The molecule has 4 aromatic rings. The Labute approximate surface area is 165 Å². The van der Waals surface area contributed by atoms with Gasteiger partial charge in [0.05, 0.1) is 7.11 Å². The lowest BCUT2D eigenvalue weighted by molar-refractivity contribution is 0.419. The molecule has 28 heavy (non-hydrogen) atoms. The molecular weight excluding hydrogens is 346 g/mol. The molecule has 140 valence electrons. The van der Waals surface area contributed by atoms with Gasteiger partial charge in [-0.05, 0) is 60.9 Å². The predicted octanol–water partition coefficient (Wildman–Crippen LogP) is 5.47. The molecule has 0 aliphatic rings. The van der Waals surface area contributed by atoms with Gasteiger partial charge < -0.3 is 15.8 Å². The molecule has 3 aromatic carbocycles. The van der Waals surface area contributed by atoms with E-state index in [4.69, 9.17) is 10.5 Å². The number of methoxy groups -OCH3 is 1.